The molecule has 0 saturated carbocycles. The Bertz CT molecular complexity index is 360. The first-order chi connectivity index (χ1) is 10.8. The Hall–Kier alpha value is -1.18. The van der Waals surface area contributed by atoms with E-state index in [1.54, 1.807) is 0 Å². The summed E-state index contributed by atoms with van der Waals surface area (Å²) in [6.07, 6.45) is 11.6. The summed E-state index contributed by atoms with van der Waals surface area (Å²) in [4.78, 5) is 0. The predicted octanol–water partition coefficient (Wildman–Crippen LogP) is 6.42. The minimum Gasteiger partial charge on any atom is -0.494 e. The van der Waals surface area contributed by atoms with Crippen LogP contribution in [0.25, 0.3) is 0 Å². The molecule has 0 fully saturated rings. The van der Waals surface area contributed by atoms with Gasteiger partial charge in [0, 0.05) is 11.7 Å². The largest absolute Gasteiger partial charge is 0.494 e. The maximum atomic E-state index is 5.78. The Balaban J connectivity index is 2.20. The van der Waals surface area contributed by atoms with Crippen LogP contribution in [-0.2, 0) is 0 Å². The molecule has 0 radical (unpaired) electrons. The number of ether oxygens (including phenoxy) is 1. The quantitative estimate of drug-likeness (QED) is 0.425. The number of anilines is 1. The summed E-state index contributed by atoms with van der Waals surface area (Å²) >= 11 is 0. The molecule has 0 bridgehead atoms. The van der Waals surface area contributed by atoms with Crippen molar-refractivity contribution in [3.8, 4) is 5.75 Å². The molecule has 0 heterocycles. The molecule has 1 aromatic carbocycles. The van der Waals surface area contributed by atoms with Gasteiger partial charge in [-0.05, 0) is 44.0 Å². The maximum Gasteiger partial charge on any atom is 0.119 e. The molecule has 0 aliphatic heterocycles. The van der Waals surface area contributed by atoms with Gasteiger partial charge in [0.25, 0.3) is 0 Å². The summed E-state index contributed by atoms with van der Waals surface area (Å²) in [6.45, 7) is 7.59. The van der Waals surface area contributed by atoms with Crippen LogP contribution in [0.2, 0.25) is 0 Å². The van der Waals surface area contributed by atoms with Crippen LogP contribution >= 0.6 is 0 Å². The first-order valence-electron chi connectivity index (χ1n) is 9.25. The molecule has 126 valence electrons. The van der Waals surface area contributed by atoms with Crippen molar-refractivity contribution in [1.29, 1.82) is 0 Å². The van der Waals surface area contributed by atoms with Crippen LogP contribution in [0, 0.1) is 0 Å². The molecule has 0 saturated heterocycles. The summed E-state index contributed by atoms with van der Waals surface area (Å²) in [7, 11) is 0. The Morgan fingerprint density at radius 1 is 0.864 bits per heavy atom. The van der Waals surface area contributed by atoms with Gasteiger partial charge in [-0.3, -0.25) is 0 Å². The van der Waals surface area contributed by atoms with Gasteiger partial charge in [-0.2, -0.15) is 0 Å². The summed E-state index contributed by atoms with van der Waals surface area (Å²) in [5, 5.41) is 3.57. The first-order valence-corrected chi connectivity index (χ1v) is 9.25. The van der Waals surface area contributed by atoms with Crippen LogP contribution in [0.4, 0.5) is 5.69 Å². The molecule has 0 aromatic heterocycles. The van der Waals surface area contributed by atoms with Crippen molar-refractivity contribution in [3.63, 3.8) is 0 Å². The number of hydrogen-bond acceptors (Lipinski definition) is 2. The topological polar surface area (TPSA) is 21.3 Å². The van der Waals surface area contributed by atoms with Crippen molar-refractivity contribution in [2.24, 2.45) is 0 Å². The fourth-order valence-corrected chi connectivity index (χ4v) is 2.60. The molecular formula is C20H35NO. The third-order valence-corrected chi connectivity index (χ3v) is 4.02. The number of rotatable bonds is 13. The molecule has 1 aromatic rings. The monoisotopic (exact) mass is 305 g/mol. The van der Waals surface area contributed by atoms with Crippen LogP contribution in [0.1, 0.15) is 78.6 Å². The van der Waals surface area contributed by atoms with Crippen LogP contribution in [-0.4, -0.2) is 12.6 Å². The average Bonchev–Trinajstić information content (AvgIpc) is 2.53. The first kappa shape index (κ1) is 18.9. The Morgan fingerprint density at radius 3 is 2.14 bits per heavy atom. The van der Waals surface area contributed by atoms with Crippen LogP contribution in [0.5, 0.6) is 5.75 Å². The number of unbranched alkanes of at least 4 members (excludes halogenated alkanes) is 6. The molecule has 0 aliphatic rings. The molecule has 1 rings (SSSR count). The second-order valence-electron chi connectivity index (χ2n) is 6.33. The molecule has 0 spiro atoms. The summed E-state index contributed by atoms with van der Waals surface area (Å²) in [5.41, 5.74) is 1.20. The Kier molecular flexibility index (Phi) is 10.6. The second-order valence-corrected chi connectivity index (χ2v) is 6.33. The van der Waals surface area contributed by atoms with Crippen molar-refractivity contribution < 1.29 is 4.74 Å². The Labute approximate surface area is 137 Å². The molecule has 2 nitrogen and oxygen atoms in total. The van der Waals surface area contributed by atoms with Crippen molar-refractivity contribution >= 4 is 5.69 Å². The molecule has 0 unspecified atom stereocenters. The second kappa shape index (κ2) is 12.4. The highest BCUT2D eigenvalue weighted by Crippen LogP contribution is 2.18. The van der Waals surface area contributed by atoms with Crippen molar-refractivity contribution in [2.75, 3.05) is 11.9 Å². The van der Waals surface area contributed by atoms with E-state index in [4.69, 9.17) is 4.74 Å². The van der Waals surface area contributed by atoms with E-state index in [2.05, 4.69) is 50.4 Å². The van der Waals surface area contributed by atoms with Gasteiger partial charge >= 0.3 is 0 Å². The molecule has 22 heavy (non-hydrogen) atoms. The van der Waals surface area contributed by atoms with Gasteiger partial charge in [0.05, 0.1) is 6.61 Å². The van der Waals surface area contributed by atoms with Gasteiger partial charge in [0.1, 0.15) is 5.75 Å². The third kappa shape index (κ3) is 8.96. The lowest BCUT2D eigenvalue weighted by Crippen LogP contribution is -2.14. The summed E-state index contributed by atoms with van der Waals surface area (Å²) in [5.74, 6) is 0.984. The molecule has 2 heteroatoms. The van der Waals surface area contributed by atoms with E-state index < -0.39 is 0 Å². The molecule has 1 atom stereocenters. The molecular weight excluding hydrogens is 270 g/mol. The minimum atomic E-state index is 0.540. The van der Waals surface area contributed by atoms with Crippen molar-refractivity contribution in [1.82, 2.24) is 0 Å². The SMILES string of the molecule is CCCCCCOc1ccc(N[C@@H](C)CCCCCC)cc1. The van der Waals surface area contributed by atoms with Crippen LogP contribution in [0.15, 0.2) is 24.3 Å². The third-order valence-electron chi connectivity index (χ3n) is 4.02. The normalized spacial score (nSPS) is 12.1. The molecule has 1 N–H and O–H groups in total. The van der Waals surface area contributed by atoms with E-state index in [9.17, 15) is 0 Å². The summed E-state index contributed by atoms with van der Waals surface area (Å²) < 4.78 is 5.78. The van der Waals surface area contributed by atoms with Gasteiger partial charge in [-0.15, -0.1) is 0 Å². The lowest BCUT2D eigenvalue weighted by molar-refractivity contribution is 0.305. The van der Waals surface area contributed by atoms with E-state index in [1.807, 2.05) is 0 Å². The highest BCUT2D eigenvalue weighted by atomic mass is 16.5. The standard InChI is InChI=1S/C20H35NO/c1-4-6-8-10-12-18(3)21-19-13-15-20(16-14-19)22-17-11-9-7-5-2/h13-16,18,21H,4-12,17H2,1-3H3/t18-/m0/s1. The van der Waals surface area contributed by atoms with E-state index in [1.165, 1.54) is 57.1 Å². The van der Waals surface area contributed by atoms with E-state index in [-0.39, 0.29) is 0 Å². The maximum absolute atomic E-state index is 5.78. The van der Waals surface area contributed by atoms with Crippen molar-refractivity contribution in [3.05, 3.63) is 24.3 Å². The Morgan fingerprint density at radius 2 is 1.50 bits per heavy atom. The van der Waals surface area contributed by atoms with E-state index >= 15 is 0 Å². The zero-order valence-electron chi connectivity index (χ0n) is 14.9. The minimum absolute atomic E-state index is 0.540. The molecule has 0 aliphatic carbocycles. The predicted molar refractivity (Wildman–Crippen MR) is 97.9 cm³/mol. The van der Waals surface area contributed by atoms with E-state index in [0.29, 0.717) is 6.04 Å². The lowest BCUT2D eigenvalue weighted by atomic mass is 10.1. The van der Waals surface area contributed by atoms with Crippen LogP contribution < -0.4 is 10.1 Å². The van der Waals surface area contributed by atoms with Gasteiger partial charge in [0.15, 0.2) is 0 Å². The highest BCUT2D eigenvalue weighted by molar-refractivity contribution is 5.46. The van der Waals surface area contributed by atoms with Gasteiger partial charge in [-0.25, -0.2) is 0 Å². The molecule has 0 amide bonds. The average molecular weight is 306 g/mol. The number of benzene rings is 1. The lowest BCUT2D eigenvalue weighted by Gasteiger charge is -2.15. The fourth-order valence-electron chi connectivity index (χ4n) is 2.60. The van der Waals surface area contributed by atoms with Gasteiger partial charge in [-0.1, -0.05) is 58.8 Å². The number of hydrogen-bond donors (Lipinski definition) is 1. The number of nitrogens with one attached hydrogen (secondary N) is 1. The van der Waals surface area contributed by atoms with E-state index in [0.717, 1.165) is 18.8 Å². The highest BCUT2D eigenvalue weighted by Gasteiger charge is 2.02. The fraction of sp³-hybridized carbons (Fsp3) is 0.700. The zero-order chi connectivity index (χ0) is 16.0. The van der Waals surface area contributed by atoms with Crippen LogP contribution in [0.3, 0.4) is 0 Å². The van der Waals surface area contributed by atoms with Crippen molar-refractivity contribution in [2.45, 2.75) is 84.6 Å². The zero-order valence-corrected chi connectivity index (χ0v) is 14.9. The summed E-state index contributed by atoms with van der Waals surface area (Å²) in [6, 6.07) is 8.95. The van der Waals surface area contributed by atoms with Gasteiger partial charge in [0.2, 0.25) is 0 Å². The van der Waals surface area contributed by atoms with Gasteiger partial charge < -0.3 is 10.1 Å². The smallest absolute Gasteiger partial charge is 0.119 e.